The molecule has 2 nitrogen and oxygen atoms in total. The zero-order valence-corrected chi connectivity index (χ0v) is 7.88. The number of hydrogen-bond acceptors (Lipinski definition) is 2. The fourth-order valence-corrected chi connectivity index (χ4v) is 1.96. The normalized spacial score (nSPS) is 30.9. The summed E-state index contributed by atoms with van der Waals surface area (Å²) in [5, 5.41) is 18.6. The van der Waals surface area contributed by atoms with Crippen LogP contribution in [0.4, 0.5) is 0 Å². The molecule has 1 aliphatic carbocycles. The zero-order valence-electron chi connectivity index (χ0n) is 7.88. The molecule has 0 aliphatic heterocycles. The highest BCUT2D eigenvalue weighted by molar-refractivity contribution is 5.12. The van der Waals surface area contributed by atoms with Crippen molar-refractivity contribution in [3.63, 3.8) is 0 Å². The molecule has 2 heteroatoms. The van der Waals surface area contributed by atoms with Crippen LogP contribution in [0.5, 0.6) is 0 Å². The van der Waals surface area contributed by atoms with E-state index in [0.717, 1.165) is 24.8 Å². The summed E-state index contributed by atoms with van der Waals surface area (Å²) in [4.78, 5) is 0. The van der Waals surface area contributed by atoms with Crippen molar-refractivity contribution in [2.75, 3.05) is 6.61 Å². The molecule has 0 amide bonds. The lowest BCUT2D eigenvalue weighted by Gasteiger charge is -2.28. The maximum Gasteiger partial charge on any atom is 0.0965 e. The number of hydrogen-bond donors (Lipinski definition) is 2. The second-order valence-corrected chi connectivity index (χ2v) is 3.76. The van der Waals surface area contributed by atoms with Crippen LogP contribution in [0.2, 0.25) is 0 Å². The van der Waals surface area contributed by atoms with Gasteiger partial charge in [-0.1, -0.05) is 13.3 Å². The highest BCUT2D eigenvalue weighted by atomic mass is 16.3. The summed E-state index contributed by atoms with van der Waals surface area (Å²) >= 11 is 0. The molecule has 0 spiro atoms. The molecule has 0 aromatic heterocycles. The van der Waals surface area contributed by atoms with Crippen molar-refractivity contribution < 1.29 is 10.2 Å². The van der Waals surface area contributed by atoms with Crippen LogP contribution in [-0.2, 0) is 0 Å². The van der Waals surface area contributed by atoms with Gasteiger partial charge in [-0.15, -0.1) is 0 Å². The Bertz CT molecular complexity index is 184. The number of aliphatic hydroxyl groups excluding tert-OH is 2. The lowest BCUT2D eigenvalue weighted by molar-refractivity contribution is 0.163. The first-order chi connectivity index (χ1) is 5.69. The van der Waals surface area contributed by atoms with Crippen molar-refractivity contribution in [3.05, 3.63) is 11.3 Å². The minimum Gasteiger partial charge on any atom is -0.512 e. The molecule has 0 radical (unpaired) electrons. The summed E-state index contributed by atoms with van der Waals surface area (Å²) in [6.07, 6.45) is 3.08. The molecule has 0 unspecified atom stereocenters. The van der Waals surface area contributed by atoms with Gasteiger partial charge in [-0.3, -0.25) is 0 Å². The van der Waals surface area contributed by atoms with Crippen molar-refractivity contribution in [1.29, 1.82) is 0 Å². The lowest BCUT2D eigenvalue weighted by Crippen LogP contribution is -2.21. The van der Waals surface area contributed by atoms with Crippen LogP contribution in [0.1, 0.15) is 33.1 Å². The van der Waals surface area contributed by atoms with Crippen molar-refractivity contribution in [2.24, 2.45) is 11.8 Å². The highest BCUT2D eigenvalue weighted by Gasteiger charge is 2.25. The van der Waals surface area contributed by atoms with Gasteiger partial charge in [-0.25, -0.2) is 0 Å². The average molecular weight is 170 g/mol. The average Bonchev–Trinajstić information content (AvgIpc) is 2.09. The minimum atomic E-state index is 0.00343. The van der Waals surface area contributed by atoms with Crippen molar-refractivity contribution in [2.45, 2.75) is 33.1 Å². The summed E-state index contributed by atoms with van der Waals surface area (Å²) < 4.78 is 0. The van der Waals surface area contributed by atoms with Gasteiger partial charge >= 0.3 is 0 Å². The Hall–Kier alpha value is -0.500. The van der Waals surface area contributed by atoms with Gasteiger partial charge in [0.2, 0.25) is 0 Å². The molecule has 0 aromatic rings. The predicted octanol–water partition coefficient (Wildman–Crippen LogP) is 2.25. The Kier molecular flexibility index (Phi) is 3.15. The Balaban J connectivity index is 2.71. The lowest BCUT2D eigenvalue weighted by atomic mass is 9.80. The first kappa shape index (κ1) is 9.59. The quantitative estimate of drug-likeness (QED) is 0.667. The van der Waals surface area contributed by atoms with E-state index < -0.39 is 0 Å². The Morgan fingerprint density at radius 2 is 2.17 bits per heavy atom. The third-order valence-corrected chi connectivity index (χ3v) is 2.83. The summed E-state index contributed by atoms with van der Waals surface area (Å²) in [5.74, 6) is 1.09. The molecule has 2 N–H and O–H groups in total. The second kappa shape index (κ2) is 3.94. The van der Waals surface area contributed by atoms with Crippen LogP contribution >= 0.6 is 0 Å². The first-order valence-corrected chi connectivity index (χ1v) is 4.68. The van der Waals surface area contributed by atoms with E-state index in [2.05, 4.69) is 6.92 Å². The first-order valence-electron chi connectivity index (χ1n) is 4.68. The summed E-state index contributed by atoms with van der Waals surface area (Å²) in [6, 6.07) is 0. The highest BCUT2D eigenvalue weighted by Crippen LogP contribution is 2.33. The number of rotatable bonds is 2. The molecule has 0 saturated heterocycles. The zero-order chi connectivity index (χ0) is 9.14. The summed E-state index contributed by atoms with van der Waals surface area (Å²) in [7, 11) is 0. The largest absolute Gasteiger partial charge is 0.512 e. The predicted molar refractivity (Wildman–Crippen MR) is 48.9 cm³/mol. The molecule has 2 atom stereocenters. The maximum atomic E-state index is 9.57. The molecule has 1 rings (SSSR count). The van der Waals surface area contributed by atoms with Gasteiger partial charge < -0.3 is 10.2 Å². The van der Waals surface area contributed by atoms with Gasteiger partial charge in [-0.2, -0.15) is 0 Å². The van der Waals surface area contributed by atoms with E-state index in [9.17, 15) is 5.11 Å². The fourth-order valence-electron chi connectivity index (χ4n) is 1.96. The third-order valence-electron chi connectivity index (χ3n) is 2.83. The van der Waals surface area contributed by atoms with Crippen molar-refractivity contribution >= 4 is 0 Å². The summed E-state index contributed by atoms with van der Waals surface area (Å²) in [5.41, 5.74) is 1.06. The smallest absolute Gasteiger partial charge is 0.0965 e. The van der Waals surface area contributed by atoms with E-state index >= 15 is 0 Å². The maximum absolute atomic E-state index is 9.57. The van der Waals surface area contributed by atoms with Crippen molar-refractivity contribution in [1.82, 2.24) is 0 Å². The molecule has 0 fully saturated rings. The van der Waals surface area contributed by atoms with E-state index in [1.54, 1.807) is 0 Å². The van der Waals surface area contributed by atoms with Gasteiger partial charge in [0.05, 0.1) is 12.4 Å². The second-order valence-electron chi connectivity index (χ2n) is 3.76. The minimum absolute atomic E-state index is 0.00343. The van der Waals surface area contributed by atoms with E-state index in [1.165, 1.54) is 0 Å². The Morgan fingerprint density at radius 1 is 1.50 bits per heavy atom. The van der Waals surface area contributed by atoms with Crippen LogP contribution in [0.25, 0.3) is 0 Å². The molecule has 0 heterocycles. The van der Waals surface area contributed by atoms with E-state index in [4.69, 9.17) is 5.11 Å². The van der Waals surface area contributed by atoms with Gasteiger partial charge in [-0.05, 0) is 31.3 Å². The van der Waals surface area contributed by atoms with Crippen LogP contribution in [-0.4, -0.2) is 16.8 Å². The van der Waals surface area contributed by atoms with Crippen LogP contribution in [0.3, 0.4) is 0 Å². The molecular weight excluding hydrogens is 152 g/mol. The van der Waals surface area contributed by atoms with Gasteiger partial charge in [0.1, 0.15) is 0 Å². The van der Waals surface area contributed by atoms with Crippen LogP contribution < -0.4 is 0 Å². The van der Waals surface area contributed by atoms with Gasteiger partial charge in [0.15, 0.2) is 0 Å². The molecule has 0 saturated carbocycles. The molecule has 0 bridgehead atoms. The van der Waals surface area contributed by atoms with Crippen molar-refractivity contribution in [3.8, 4) is 0 Å². The van der Waals surface area contributed by atoms with Gasteiger partial charge in [0.25, 0.3) is 0 Å². The molecule has 1 aliphatic rings. The number of allylic oxidation sites excluding steroid dienone is 1. The van der Waals surface area contributed by atoms with Crippen LogP contribution in [0, 0.1) is 11.8 Å². The van der Waals surface area contributed by atoms with E-state index in [-0.39, 0.29) is 12.5 Å². The SMILES string of the molecule is CC[C@H]1CC(C)=C(O)[C@@H](CO)C1. The fraction of sp³-hybridized carbons (Fsp3) is 0.800. The third kappa shape index (κ3) is 1.81. The van der Waals surface area contributed by atoms with Crippen LogP contribution in [0.15, 0.2) is 11.3 Å². The molecular formula is C10H18O2. The monoisotopic (exact) mass is 170 g/mol. The summed E-state index contributed by atoms with van der Waals surface area (Å²) in [6.45, 7) is 4.20. The van der Waals surface area contributed by atoms with E-state index in [1.807, 2.05) is 6.92 Å². The topological polar surface area (TPSA) is 40.5 Å². The molecule has 12 heavy (non-hydrogen) atoms. The standard InChI is InChI=1S/C10H18O2/c1-3-8-4-7(2)10(12)9(5-8)6-11/h8-9,11-12H,3-6H2,1-2H3/t8-,9+/m0/s1. The van der Waals surface area contributed by atoms with Gasteiger partial charge in [0, 0.05) is 5.92 Å². The Morgan fingerprint density at radius 3 is 2.67 bits per heavy atom. The Labute approximate surface area is 73.9 Å². The molecule has 0 aromatic carbocycles. The van der Waals surface area contributed by atoms with E-state index in [0.29, 0.717) is 11.7 Å². The number of aliphatic hydroxyl groups is 2. The molecule has 70 valence electrons.